The van der Waals surface area contributed by atoms with Crippen molar-refractivity contribution in [2.75, 3.05) is 18.5 Å². The van der Waals surface area contributed by atoms with Gasteiger partial charge in [-0.15, -0.1) is 0 Å². The third-order valence-corrected chi connectivity index (χ3v) is 7.81. The number of aliphatic hydroxyl groups excluding tert-OH is 1. The summed E-state index contributed by atoms with van der Waals surface area (Å²) in [7, 11) is 0. The molecule has 1 aromatic carbocycles. The molecular formula is C27H39N3O5. The second-order valence-electron chi connectivity index (χ2n) is 10.3. The van der Waals surface area contributed by atoms with Crippen molar-refractivity contribution >= 4 is 23.4 Å². The molecule has 6 atom stereocenters. The van der Waals surface area contributed by atoms with E-state index in [9.17, 15) is 14.4 Å². The molecule has 0 aliphatic carbocycles. The SMILES string of the molecule is CCCC(C)NC(=O)C1N(CCCCCCO)C(=O)[C@@H]2[C@@H](C(=O)Nc3ccccc3)[C@H]3CCC12O3. The minimum Gasteiger partial charge on any atom is -0.396 e. The Morgan fingerprint density at radius 3 is 2.63 bits per heavy atom. The van der Waals surface area contributed by atoms with E-state index in [-0.39, 0.29) is 36.5 Å². The Kier molecular flexibility index (Phi) is 8.12. The van der Waals surface area contributed by atoms with Crippen molar-refractivity contribution in [3.8, 4) is 0 Å². The lowest BCUT2D eigenvalue weighted by Crippen LogP contribution is -2.56. The summed E-state index contributed by atoms with van der Waals surface area (Å²) >= 11 is 0. The van der Waals surface area contributed by atoms with Gasteiger partial charge in [-0.3, -0.25) is 14.4 Å². The molecular weight excluding hydrogens is 446 g/mol. The molecule has 8 heteroatoms. The van der Waals surface area contributed by atoms with Gasteiger partial charge in [0.05, 0.1) is 17.9 Å². The van der Waals surface area contributed by atoms with E-state index in [0.29, 0.717) is 25.1 Å². The molecule has 1 spiro atoms. The first kappa shape index (κ1) is 25.6. The van der Waals surface area contributed by atoms with Crippen LogP contribution in [0.15, 0.2) is 30.3 Å². The normalized spacial score (nSPS) is 29.8. The number of hydrogen-bond acceptors (Lipinski definition) is 5. The second kappa shape index (κ2) is 11.1. The summed E-state index contributed by atoms with van der Waals surface area (Å²) in [5.41, 5.74) is -0.273. The smallest absolute Gasteiger partial charge is 0.246 e. The number of rotatable bonds is 12. The van der Waals surface area contributed by atoms with Crippen LogP contribution in [0, 0.1) is 11.8 Å². The largest absolute Gasteiger partial charge is 0.396 e. The van der Waals surface area contributed by atoms with Gasteiger partial charge in [-0.1, -0.05) is 44.4 Å². The molecule has 8 nitrogen and oxygen atoms in total. The highest BCUT2D eigenvalue weighted by Crippen LogP contribution is 2.58. The summed E-state index contributed by atoms with van der Waals surface area (Å²) in [6.07, 6.45) is 5.92. The van der Waals surface area contributed by atoms with Crippen molar-refractivity contribution < 1.29 is 24.2 Å². The molecule has 192 valence electrons. The lowest BCUT2D eigenvalue weighted by Gasteiger charge is -2.34. The van der Waals surface area contributed by atoms with Crippen LogP contribution in [0.3, 0.4) is 0 Å². The number of nitrogens with one attached hydrogen (secondary N) is 2. The quantitative estimate of drug-likeness (QED) is 0.395. The van der Waals surface area contributed by atoms with Crippen LogP contribution in [0.4, 0.5) is 5.69 Å². The van der Waals surface area contributed by atoms with Crippen LogP contribution >= 0.6 is 0 Å². The van der Waals surface area contributed by atoms with Crippen molar-refractivity contribution in [2.24, 2.45) is 11.8 Å². The van der Waals surface area contributed by atoms with Gasteiger partial charge < -0.3 is 25.4 Å². The van der Waals surface area contributed by atoms with Gasteiger partial charge in [0, 0.05) is 24.9 Å². The maximum absolute atomic E-state index is 13.8. The Hall–Kier alpha value is -2.45. The van der Waals surface area contributed by atoms with Crippen LogP contribution < -0.4 is 10.6 Å². The van der Waals surface area contributed by atoms with Crippen molar-refractivity contribution in [3.05, 3.63) is 30.3 Å². The molecule has 3 amide bonds. The first-order chi connectivity index (χ1) is 16.9. The lowest BCUT2D eigenvalue weighted by molar-refractivity contribution is -0.141. The molecule has 2 bridgehead atoms. The molecule has 1 aromatic rings. The molecule has 0 radical (unpaired) electrons. The fourth-order valence-corrected chi connectivity index (χ4v) is 6.32. The number of aliphatic hydroxyl groups is 1. The number of fused-ring (bicyclic) bond motifs is 1. The average Bonchev–Trinajstić information content (AvgIpc) is 3.47. The Balaban J connectivity index is 1.57. The molecule has 35 heavy (non-hydrogen) atoms. The highest BCUT2D eigenvalue weighted by molar-refractivity contribution is 6.02. The molecule has 3 aliphatic heterocycles. The van der Waals surface area contributed by atoms with Gasteiger partial charge in [-0.2, -0.15) is 0 Å². The van der Waals surface area contributed by atoms with Crippen LogP contribution in [-0.2, 0) is 19.1 Å². The van der Waals surface area contributed by atoms with E-state index in [4.69, 9.17) is 9.84 Å². The first-order valence-corrected chi connectivity index (χ1v) is 13.2. The van der Waals surface area contributed by atoms with Crippen LogP contribution in [0.2, 0.25) is 0 Å². The number of anilines is 1. The van der Waals surface area contributed by atoms with Crippen LogP contribution in [-0.4, -0.2) is 64.7 Å². The molecule has 0 aromatic heterocycles. The van der Waals surface area contributed by atoms with Gasteiger partial charge >= 0.3 is 0 Å². The summed E-state index contributed by atoms with van der Waals surface area (Å²) in [6, 6.07) is 8.51. The number of amides is 3. The topological polar surface area (TPSA) is 108 Å². The first-order valence-electron chi connectivity index (χ1n) is 13.2. The summed E-state index contributed by atoms with van der Waals surface area (Å²) in [6.45, 7) is 4.66. The molecule has 4 rings (SSSR count). The highest BCUT2D eigenvalue weighted by Gasteiger charge is 2.74. The lowest BCUT2D eigenvalue weighted by atomic mass is 9.70. The maximum Gasteiger partial charge on any atom is 0.246 e. The fraction of sp³-hybridized carbons (Fsp3) is 0.667. The minimum atomic E-state index is -0.957. The molecule has 3 heterocycles. The van der Waals surface area contributed by atoms with Crippen LogP contribution in [0.1, 0.15) is 65.2 Å². The number of benzene rings is 1. The predicted molar refractivity (Wildman–Crippen MR) is 132 cm³/mol. The van der Waals surface area contributed by atoms with Crippen molar-refractivity contribution in [1.29, 1.82) is 0 Å². The molecule has 3 N–H and O–H groups in total. The summed E-state index contributed by atoms with van der Waals surface area (Å²) in [4.78, 5) is 42.5. The zero-order valence-electron chi connectivity index (χ0n) is 20.9. The third kappa shape index (κ3) is 4.96. The van der Waals surface area contributed by atoms with Gasteiger partial charge in [-0.25, -0.2) is 0 Å². The standard InChI is InChI=1S/C27H39N3O5/c1-3-11-18(2)28-25(33)23-27-15-14-20(35-27)21(24(32)29-19-12-7-6-8-13-19)22(27)26(34)30(23)16-9-4-5-10-17-31/h6-8,12-13,18,20-23,31H,3-5,9-11,14-17H2,1-2H3,(H,28,33)(H,29,32)/t18?,20-,21+,22+,23?,27?/m1/s1. The minimum absolute atomic E-state index is 0.000218. The number of unbranched alkanes of at least 4 members (excludes halogenated alkanes) is 3. The molecule has 3 unspecified atom stereocenters. The summed E-state index contributed by atoms with van der Waals surface area (Å²) < 4.78 is 6.46. The van der Waals surface area contributed by atoms with Crippen LogP contribution in [0.5, 0.6) is 0 Å². The highest BCUT2D eigenvalue weighted by atomic mass is 16.5. The Morgan fingerprint density at radius 2 is 1.91 bits per heavy atom. The Labute approximate surface area is 207 Å². The van der Waals surface area contributed by atoms with Gasteiger partial charge in [0.25, 0.3) is 0 Å². The van der Waals surface area contributed by atoms with Crippen LogP contribution in [0.25, 0.3) is 0 Å². The van der Waals surface area contributed by atoms with Gasteiger partial charge in [0.1, 0.15) is 11.6 Å². The number of ether oxygens (including phenoxy) is 1. The molecule has 3 fully saturated rings. The second-order valence-corrected chi connectivity index (χ2v) is 10.3. The average molecular weight is 486 g/mol. The zero-order valence-corrected chi connectivity index (χ0v) is 20.9. The zero-order chi connectivity index (χ0) is 25.0. The number of nitrogens with zero attached hydrogens (tertiary/aromatic N) is 1. The molecule has 3 aliphatic rings. The van der Waals surface area contributed by atoms with Crippen molar-refractivity contribution in [3.63, 3.8) is 0 Å². The predicted octanol–water partition coefficient (Wildman–Crippen LogP) is 2.86. The molecule has 0 saturated carbocycles. The number of hydrogen-bond donors (Lipinski definition) is 3. The number of para-hydroxylation sites is 1. The number of carbonyl (C=O) groups is 3. The van der Waals surface area contributed by atoms with E-state index >= 15 is 0 Å². The van der Waals surface area contributed by atoms with Crippen molar-refractivity contribution in [1.82, 2.24) is 10.2 Å². The van der Waals surface area contributed by atoms with Gasteiger partial charge in [0.2, 0.25) is 17.7 Å². The van der Waals surface area contributed by atoms with E-state index < -0.39 is 23.5 Å². The van der Waals surface area contributed by atoms with E-state index in [1.807, 2.05) is 37.3 Å². The van der Waals surface area contributed by atoms with E-state index in [0.717, 1.165) is 38.5 Å². The van der Waals surface area contributed by atoms with E-state index in [1.165, 1.54) is 0 Å². The Morgan fingerprint density at radius 1 is 1.17 bits per heavy atom. The monoisotopic (exact) mass is 485 g/mol. The number of carbonyl (C=O) groups excluding carboxylic acids is 3. The van der Waals surface area contributed by atoms with Gasteiger partial charge in [0.15, 0.2) is 0 Å². The molecule has 3 saturated heterocycles. The number of likely N-dealkylation sites (tertiary alicyclic amines) is 1. The van der Waals surface area contributed by atoms with E-state index in [1.54, 1.807) is 4.90 Å². The Bertz CT molecular complexity index is 909. The summed E-state index contributed by atoms with van der Waals surface area (Å²) in [5, 5.41) is 15.1. The fourth-order valence-electron chi connectivity index (χ4n) is 6.32. The van der Waals surface area contributed by atoms with Crippen molar-refractivity contribution in [2.45, 2.75) is 89.0 Å². The van der Waals surface area contributed by atoms with E-state index in [2.05, 4.69) is 17.6 Å². The third-order valence-electron chi connectivity index (χ3n) is 7.81. The maximum atomic E-state index is 13.8. The van der Waals surface area contributed by atoms with Gasteiger partial charge in [-0.05, 0) is 51.2 Å². The summed E-state index contributed by atoms with van der Waals surface area (Å²) in [5.74, 6) is -1.81.